The fraction of sp³-hybridized carbons (Fsp3) is 1.00. The van der Waals surface area contributed by atoms with E-state index in [1.54, 1.807) is 0 Å². The Morgan fingerprint density at radius 2 is 1.00 bits per heavy atom. The molecule has 15 heavy (non-hydrogen) atoms. The largest absolute Gasteiger partial charge is 0.375 e. The van der Waals surface area contributed by atoms with Gasteiger partial charge in [0.25, 0.3) is 0 Å². The highest BCUT2D eigenvalue weighted by Crippen LogP contribution is 2.49. The monoisotopic (exact) mass is 214 g/mol. The van der Waals surface area contributed by atoms with Crippen LogP contribution in [0.2, 0.25) is 0 Å². The lowest BCUT2D eigenvalue weighted by Crippen LogP contribution is -2.29. The molecule has 2 saturated heterocycles. The molecular formula is C12H22O3. The van der Waals surface area contributed by atoms with Gasteiger partial charge in [-0.1, -0.05) is 0 Å². The van der Waals surface area contributed by atoms with Gasteiger partial charge in [-0.2, -0.15) is 0 Å². The average molecular weight is 214 g/mol. The molecule has 3 nitrogen and oxygen atoms in total. The van der Waals surface area contributed by atoms with Crippen molar-refractivity contribution in [1.29, 1.82) is 0 Å². The third-order valence-electron chi connectivity index (χ3n) is 4.18. The lowest BCUT2D eigenvalue weighted by molar-refractivity contribution is 0.0520. The van der Waals surface area contributed by atoms with Crippen LogP contribution in [0.25, 0.3) is 0 Å². The summed E-state index contributed by atoms with van der Waals surface area (Å²) in [6.07, 6.45) is 0. The zero-order valence-electron chi connectivity index (χ0n) is 10.6. The maximum atomic E-state index is 5.71. The van der Waals surface area contributed by atoms with Gasteiger partial charge in [0.15, 0.2) is 0 Å². The fourth-order valence-electron chi connectivity index (χ4n) is 1.92. The van der Waals surface area contributed by atoms with Crippen LogP contribution < -0.4 is 0 Å². The molecular weight excluding hydrogens is 192 g/mol. The standard InChI is InChI=1S/C12H22O3/c1-9(2)11(5,14-9)7-13-8-12(6)10(3,4)15-12/h7-8H2,1-6H3. The first-order valence-electron chi connectivity index (χ1n) is 5.60. The van der Waals surface area contributed by atoms with Gasteiger partial charge >= 0.3 is 0 Å². The molecule has 0 saturated carbocycles. The maximum absolute atomic E-state index is 5.71. The van der Waals surface area contributed by atoms with Gasteiger partial charge in [0.1, 0.15) is 11.2 Å². The highest BCUT2D eigenvalue weighted by molar-refractivity contribution is 5.10. The molecule has 2 fully saturated rings. The number of hydrogen-bond acceptors (Lipinski definition) is 3. The molecule has 0 radical (unpaired) electrons. The van der Waals surface area contributed by atoms with Crippen LogP contribution in [-0.2, 0) is 14.2 Å². The second-order valence-electron chi connectivity index (χ2n) is 6.18. The van der Waals surface area contributed by atoms with E-state index in [4.69, 9.17) is 14.2 Å². The average Bonchev–Trinajstić information content (AvgIpc) is 2.67. The minimum absolute atomic E-state index is 0.0339. The van der Waals surface area contributed by atoms with Crippen LogP contribution in [0.5, 0.6) is 0 Å². The molecule has 2 heterocycles. The van der Waals surface area contributed by atoms with Crippen LogP contribution in [0.4, 0.5) is 0 Å². The molecule has 0 spiro atoms. The summed E-state index contributed by atoms with van der Waals surface area (Å²) < 4.78 is 16.9. The van der Waals surface area contributed by atoms with Crippen molar-refractivity contribution in [2.24, 2.45) is 0 Å². The van der Waals surface area contributed by atoms with Crippen molar-refractivity contribution in [3.63, 3.8) is 0 Å². The molecule has 2 aliphatic rings. The lowest BCUT2D eigenvalue weighted by atomic mass is 9.98. The first kappa shape index (κ1) is 11.4. The molecule has 2 aliphatic heterocycles. The number of hydrogen-bond donors (Lipinski definition) is 0. The van der Waals surface area contributed by atoms with Crippen LogP contribution in [-0.4, -0.2) is 35.6 Å². The molecule has 0 N–H and O–H groups in total. The SMILES string of the molecule is CC1(C)OC1(C)COCC1(C)OC1(C)C. The summed E-state index contributed by atoms with van der Waals surface area (Å²) >= 11 is 0. The molecule has 2 rings (SSSR count). The first-order chi connectivity index (χ1) is 6.62. The van der Waals surface area contributed by atoms with E-state index >= 15 is 0 Å². The zero-order valence-corrected chi connectivity index (χ0v) is 10.6. The summed E-state index contributed by atoms with van der Waals surface area (Å²) in [7, 11) is 0. The van der Waals surface area contributed by atoms with Gasteiger partial charge in [-0.05, 0) is 41.5 Å². The molecule has 0 aromatic rings. The van der Waals surface area contributed by atoms with Gasteiger partial charge in [-0.15, -0.1) is 0 Å². The predicted octanol–water partition coefficient (Wildman–Crippen LogP) is 2.14. The summed E-state index contributed by atoms with van der Waals surface area (Å²) in [5.41, 5.74) is -0.285. The molecule has 2 unspecified atom stereocenters. The molecule has 2 atom stereocenters. The highest BCUT2D eigenvalue weighted by atomic mass is 16.7. The third kappa shape index (κ3) is 1.71. The molecule has 88 valence electrons. The van der Waals surface area contributed by atoms with Gasteiger partial charge in [-0.3, -0.25) is 0 Å². The van der Waals surface area contributed by atoms with Crippen molar-refractivity contribution in [2.45, 2.75) is 63.9 Å². The van der Waals surface area contributed by atoms with Gasteiger partial charge in [0.2, 0.25) is 0 Å². The van der Waals surface area contributed by atoms with Crippen LogP contribution in [0.3, 0.4) is 0 Å². The van der Waals surface area contributed by atoms with Gasteiger partial charge < -0.3 is 14.2 Å². The van der Waals surface area contributed by atoms with Crippen molar-refractivity contribution in [1.82, 2.24) is 0 Å². The van der Waals surface area contributed by atoms with Crippen molar-refractivity contribution in [3.8, 4) is 0 Å². The predicted molar refractivity (Wildman–Crippen MR) is 58.0 cm³/mol. The molecule has 0 aromatic heterocycles. The summed E-state index contributed by atoms with van der Waals surface area (Å²) in [5, 5.41) is 0. The number of epoxide rings is 2. The minimum atomic E-state index is -0.109. The second kappa shape index (κ2) is 2.76. The van der Waals surface area contributed by atoms with E-state index in [1.807, 2.05) is 0 Å². The summed E-state index contributed by atoms with van der Waals surface area (Å²) in [6, 6.07) is 0. The molecule has 0 aromatic carbocycles. The summed E-state index contributed by atoms with van der Waals surface area (Å²) in [4.78, 5) is 0. The van der Waals surface area contributed by atoms with E-state index in [2.05, 4.69) is 41.5 Å². The number of rotatable bonds is 4. The van der Waals surface area contributed by atoms with E-state index < -0.39 is 0 Å². The van der Waals surface area contributed by atoms with Crippen molar-refractivity contribution in [2.75, 3.05) is 13.2 Å². The van der Waals surface area contributed by atoms with Crippen LogP contribution in [0.15, 0.2) is 0 Å². The zero-order chi connectivity index (χ0) is 11.5. The minimum Gasteiger partial charge on any atom is -0.375 e. The quantitative estimate of drug-likeness (QED) is 0.672. The topological polar surface area (TPSA) is 34.3 Å². The van der Waals surface area contributed by atoms with Crippen molar-refractivity contribution in [3.05, 3.63) is 0 Å². The Morgan fingerprint density at radius 3 is 1.20 bits per heavy atom. The third-order valence-corrected chi connectivity index (χ3v) is 4.18. The van der Waals surface area contributed by atoms with Gasteiger partial charge in [0.05, 0.1) is 24.4 Å². The first-order valence-corrected chi connectivity index (χ1v) is 5.60. The van der Waals surface area contributed by atoms with Crippen LogP contribution in [0.1, 0.15) is 41.5 Å². The van der Waals surface area contributed by atoms with Crippen molar-refractivity contribution < 1.29 is 14.2 Å². The Kier molecular flexibility index (Phi) is 2.09. The summed E-state index contributed by atoms with van der Waals surface area (Å²) in [6.45, 7) is 13.9. The highest BCUT2D eigenvalue weighted by Gasteiger charge is 2.62. The van der Waals surface area contributed by atoms with Crippen LogP contribution >= 0.6 is 0 Å². The summed E-state index contributed by atoms with van der Waals surface area (Å²) in [5.74, 6) is 0. The van der Waals surface area contributed by atoms with Gasteiger partial charge in [-0.25, -0.2) is 0 Å². The van der Waals surface area contributed by atoms with E-state index in [1.165, 1.54) is 0 Å². The molecule has 0 amide bonds. The Labute approximate surface area is 92.1 Å². The Hall–Kier alpha value is -0.120. The van der Waals surface area contributed by atoms with E-state index in [0.29, 0.717) is 13.2 Å². The fourth-order valence-corrected chi connectivity index (χ4v) is 1.92. The molecule has 0 bridgehead atoms. The lowest BCUT2D eigenvalue weighted by Gasteiger charge is -2.13. The normalized spacial score (nSPS) is 45.2. The van der Waals surface area contributed by atoms with Crippen LogP contribution in [0, 0.1) is 0 Å². The number of ether oxygens (including phenoxy) is 3. The second-order valence-corrected chi connectivity index (χ2v) is 6.18. The van der Waals surface area contributed by atoms with E-state index in [-0.39, 0.29) is 22.4 Å². The maximum Gasteiger partial charge on any atom is 0.118 e. The Morgan fingerprint density at radius 1 is 0.733 bits per heavy atom. The molecule has 0 aliphatic carbocycles. The Balaban J connectivity index is 1.74. The van der Waals surface area contributed by atoms with E-state index in [0.717, 1.165) is 0 Å². The Bertz CT molecular complexity index is 257. The smallest absolute Gasteiger partial charge is 0.118 e. The van der Waals surface area contributed by atoms with Crippen molar-refractivity contribution >= 4 is 0 Å². The van der Waals surface area contributed by atoms with E-state index in [9.17, 15) is 0 Å². The molecule has 3 heteroatoms. The van der Waals surface area contributed by atoms with Gasteiger partial charge in [0, 0.05) is 0 Å².